The van der Waals surface area contributed by atoms with Crippen LogP contribution in [0.5, 0.6) is 0 Å². The maximum Gasteiger partial charge on any atom is 0.254 e. The Bertz CT molecular complexity index is 588. The second-order valence-corrected chi connectivity index (χ2v) is 7.82. The highest BCUT2D eigenvalue weighted by Crippen LogP contribution is 2.38. The molecule has 0 bridgehead atoms. The van der Waals surface area contributed by atoms with Crippen molar-refractivity contribution in [2.24, 2.45) is 11.8 Å². The molecule has 0 radical (unpaired) electrons. The second-order valence-electron chi connectivity index (χ2n) is 6.71. The molecule has 0 saturated heterocycles. The molecule has 1 aromatic heterocycles. The van der Waals surface area contributed by atoms with Gasteiger partial charge in [-0.25, -0.2) is 0 Å². The third-order valence-electron chi connectivity index (χ3n) is 4.41. The van der Waals surface area contributed by atoms with E-state index >= 15 is 0 Å². The number of rotatable bonds is 5. The van der Waals surface area contributed by atoms with E-state index in [9.17, 15) is 9.59 Å². The molecule has 2 amide bonds. The second kappa shape index (κ2) is 6.41. The van der Waals surface area contributed by atoms with Gasteiger partial charge in [-0.05, 0) is 50.0 Å². The van der Waals surface area contributed by atoms with Crippen LogP contribution in [0.25, 0.3) is 0 Å². The van der Waals surface area contributed by atoms with Gasteiger partial charge in [-0.1, -0.05) is 13.8 Å². The fourth-order valence-corrected chi connectivity index (χ4v) is 4.09. The molecule has 120 valence electrons. The zero-order valence-electron chi connectivity index (χ0n) is 13.3. The van der Waals surface area contributed by atoms with Crippen LogP contribution in [0.2, 0.25) is 0 Å². The van der Waals surface area contributed by atoms with Crippen molar-refractivity contribution in [3.8, 4) is 0 Å². The summed E-state index contributed by atoms with van der Waals surface area (Å²) in [4.78, 5) is 25.9. The van der Waals surface area contributed by atoms with Crippen LogP contribution in [-0.4, -0.2) is 18.4 Å². The lowest BCUT2D eigenvalue weighted by Crippen LogP contribution is -2.28. The molecule has 1 heterocycles. The van der Waals surface area contributed by atoms with Crippen LogP contribution in [0.15, 0.2) is 0 Å². The lowest BCUT2D eigenvalue weighted by Gasteiger charge is -2.13. The Morgan fingerprint density at radius 3 is 2.64 bits per heavy atom. The predicted molar refractivity (Wildman–Crippen MR) is 89.5 cm³/mol. The van der Waals surface area contributed by atoms with Crippen molar-refractivity contribution in [3.63, 3.8) is 0 Å². The fraction of sp³-hybridized carbons (Fsp3) is 0.647. The Morgan fingerprint density at radius 2 is 1.95 bits per heavy atom. The van der Waals surface area contributed by atoms with E-state index in [0.29, 0.717) is 5.92 Å². The summed E-state index contributed by atoms with van der Waals surface area (Å²) < 4.78 is 0. The first-order valence-electron chi connectivity index (χ1n) is 8.30. The lowest BCUT2D eigenvalue weighted by atomic mass is 9.95. The number of aryl methyl sites for hydroxylation is 1. The smallest absolute Gasteiger partial charge is 0.254 e. The molecule has 0 aliphatic heterocycles. The van der Waals surface area contributed by atoms with Crippen molar-refractivity contribution >= 4 is 28.2 Å². The Hall–Kier alpha value is -1.36. The van der Waals surface area contributed by atoms with E-state index in [1.165, 1.54) is 29.7 Å². The normalized spacial score (nSPS) is 17.2. The summed E-state index contributed by atoms with van der Waals surface area (Å²) in [5, 5.41) is 6.78. The number of hydrogen-bond acceptors (Lipinski definition) is 3. The van der Waals surface area contributed by atoms with Gasteiger partial charge in [0.2, 0.25) is 5.91 Å². The molecule has 1 fully saturated rings. The number of anilines is 1. The zero-order chi connectivity index (χ0) is 15.7. The molecule has 1 aromatic rings. The van der Waals surface area contributed by atoms with Gasteiger partial charge in [0, 0.05) is 17.3 Å². The molecule has 2 aliphatic rings. The van der Waals surface area contributed by atoms with Gasteiger partial charge < -0.3 is 10.6 Å². The summed E-state index contributed by atoms with van der Waals surface area (Å²) in [5.74, 6) is 0.550. The average molecular weight is 320 g/mol. The van der Waals surface area contributed by atoms with E-state index in [1.807, 2.05) is 13.8 Å². The van der Waals surface area contributed by atoms with Gasteiger partial charge >= 0.3 is 0 Å². The first kappa shape index (κ1) is 15.5. The quantitative estimate of drug-likeness (QED) is 0.874. The first-order valence-corrected chi connectivity index (χ1v) is 9.11. The molecule has 0 atom stereocenters. The largest absolute Gasteiger partial charge is 0.352 e. The highest BCUT2D eigenvalue weighted by molar-refractivity contribution is 7.17. The van der Waals surface area contributed by atoms with Crippen LogP contribution in [0.4, 0.5) is 5.00 Å². The molecule has 3 rings (SSSR count). The molecule has 22 heavy (non-hydrogen) atoms. The van der Waals surface area contributed by atoms with Crippen LogP contribution in [-0.2, 0) is 17.6 Å². The number of thiophene rings is 1. The summed E-state index contributed by atoms with van der Waals surface area (Å²) in [6.07, 6.45) is 6.73. The Morgan fingerprint density at radius 1 is 1.23 bits per heavy atom. The Kier molecular flexibility index (Phi) is 4.52. The highest BCUT2D eigenvalue weighted by atomic mass is 32.1. The van der Waals surface area contributed by atoms with Crippen LogP contribution >= 0.6 is 11.3 Å². The number of nitrogens with one attached hydrogen (secondary N) is 2. The van der Waals surface area contributed by atoms with Crippen molar-refractivity contribution in [2.45, 2.75) is 52.4 Å². The summed E-state index contributed by atoms with van der Waals surface area (Å²) in [6, 6.07) is 0. The van der Waals surface area contributed by atoms with E-state index < -0.39 is 0 Å². The van der Waals surface area contributed by atoms with E-state index in [4.69, 9.17) is 0 Å². The van der Waals surface area contributed by atoms with Gasteiger partial charge in [-0.15, -0.1) is 11.3 Å². The van der Waals surface area contributed by atoms with Gasteiger partial charge in [0.25, 0.3) is 5.91 Å². The van der Waals surface area contributed by atoms with E-state index in [2.05, 4.69) is 10.6 Å². The molecule has 2 N–H and O–H groups in total. The summed E-state index contributed by atoms with van der Waals surface area (Å²) in [6.45, 7) is 4.51. The Labute approximate surface area is 135 Å². The predicted octanol–water partition coefficient (Wildman–Crippen LogP) is 3.36. The number of carbonyl (C=O) groups is 2. The zero-order valence-corrected chi connectivity index (χ0v) is 14.1. The van der Waals surface area contributed by atoms with Crippen molar-refractivity contribution in [3.05, 3.63) is 16.0 Å². The third-order valence-corrected chi connectivity index (χ3v) is 5.61. The van der Waals surface area contributed by atoms with Crippen LogP contribution < -0.4 is 10.6 Å². The molecular weight excluding hydrogens is 296 g/mol. The fourth-order valence-electron chi connectivity index (χ4n) is 2.80. The molecule has 2 aliphatic carbocycles. The Balaban J connectivity index is 1.84. The molecule has 0 aromatic carbocycles. The minimum absolute atomic E-state index is 0.00893. The minimum atomic E-state index is -0.0819. The van der Waals surface area contributed by atoms with E-state index in [-0.39, 0.29) is 17.7 Å². The molecule has 0 unspecified atom stereocenters. The van der Waals surface area contributed by atoms with Crippen molar-refractivity contribution < 1.29 is 9.59 Å². The number of hydrogen-bond donors (Lipinski definition) is 2. The number of fused-ring (bicyclic) bond motifs is 1. The molecule has 5 heteroatoms. The van der Waals surface area contributed by atoms with Crippen molar-refractivity contribution in [2.75, 3.05) is 11.9 Å². The van der Waals surface area contributed by atoms with E-state index in [1.54, 1.807) is 11.3 Å². The van der Waals surface area contributed by atoms with Crippen LogP contribution in [0.1, 0.15) is 60.3 Å². The van der Waals surface area contributed by atoms with Gasteiger partial charge in [-0.2, -0.15) is 0 Å². The van der Waals surface area contributed by atoms with E-state index in [0.717, 1.165) is 36.4 Å². The first-order chi connectivity index (χ1) is 10.6. The highest BCUT2D eigenvalue weighted by Gasteiger charge is 2.28. The van der Waals surface area contributed by atoms with Crippen molar-refractivity contribution in [1.82, 2.24) is 5.32 Å². The topological polar surface area (TPSA) is 58.2 Å². The monoisotopic (exact) mass is 320 g/mol. The van der Waals surface area contributed by atoms with Gasteiger partial charge in [0.1, 0.15) is 5.00 Å². The van der Waals surface area contributed by atoms with Crippen LogP contribution in [0.3, 0.4) is 0 Å². The molecule has 1 saturated carbocycles. The van der Waals surface area contributed by atoms with Gasteiger partial charge in [0.05, 0.1) is 5.56 Å². The lowest BCUT2D eigenvalue weighted by molar-refractivity contribution is -0.118. The average Bonchev–Trinajstić information content (AvgIpc) is 3.24. The van der Waals surface area contributed by atoms with Gasteiger partial charge in [0.15, 0.2) is 0 Å². The maximum atomic E-state index is 12.6. The molecule has 4 nitrogen and oxygen atoms in total. The third kappa shape index (κ3) is 3.35. The SMILES string of the molecule is CC(C)C(=O)Nc1sc2c(c1C(=O)NCC1CC1)CCCC2. The summed E-state index contributed by atoms with van der Waals surface area (Å²) >= 11 is 1.59. The van der Waals surface area contributed by atoms with Crippen molar-refractivity contribution in [1.29, 1.82) is 0 Å². The number of amides is 2. The standard InChI is InChI=1S/C17H24N2O2S/c1-10(2)15(20)19-17-14(16(21)18-9-11-7-8-11)12-5-3-4-6-13(12)22-17/h10-11H,3-9H2,1-2H3,(H,18,21)(H,19,20). The number of carbonyl (C=O) groups excluding carboxylic acids is 2. The van der Waals surface area contributed by atoms with Gasteiger partial charge in [-0.3, -0.25) is 9.59 Å². The summed E-state index contributed by atoms with van der Waals surface area (Å²) in [7, 11) is 0. The van der Waals surface area contributed by atoms with Crippen LogP contribution in [0, 0.1) is 11.8 Å². The molecule has 0 spiro atoms. The molecular formula is C17H24N2O2S. The minimum Gasteiger partial charge on any atom is -0.352 e. The maximum absolute atomic E-state index is 12.6. The summed E-state index contributed by atoms with van der Waals surface area (Å²) in [5.41, 5.74) is 1.90.